The number of halogens is 3. The quantitative estimate of drug-likeness (QED) is 0.0609. The number of anilines is 4. The lowest BCUT2D eigenvalue weighted by Gasteiger charge is -2.22. The molecule has 0 bridgehead atoms. The standard InChI is InChI=1S/C31H37Cl2N11O4.ClH/c1-41-17-20(14-23(41)29(46)36-11-8-26(34)35)37-30(47)24-15-21(18-42(24)2)38-31(48)25-16-27(40-43(25)3)39-28(45)19-4-6-22(7-5-19)44(12-9-32)13-10-33;/h4-7,14-18H,8-13H2,1-3H3,(H3,34,35)(H,36,46)(H,37,47)(H,38,48)(H,39,40,45);1H. The van der Waals surface area contributed by atoms with E-state index in [4.69, 9.17) is 34.3 Å². The maximum atomic E-state index is 13.1. The first-order valence-electron chi connectivity index (χ1n) is 14.8. The summed E-state index contributed by atoms with van der Waals surface area (Å²) in [5.74, 6) is -0.696. The highest BCUT2D eigenvalue weighted by atomic mass is 35.5. The highest BCUT2D eigenvalue weighted by Crippen LogP contribution is 2.20. The van der Waals surface area contributed by atoms with Gasteiger partial charge in [-0.25, -0.2) is 0 Å². The average Bonchev–Trinajstić information content (AvgIpc) is 3.71. The Labute approximate surface area is 299 Å². The summed E-state index contributed by atoms with van der Waals surface area (Å²) in [5.41, 5.74) is 8.11. The summed E-state index contributed by atoms with van der Waals surface area (Å²) < 4.78 is 4.45. The van der Waals surface area contributed by atoms with Gasteiger partial charge in [0.2, 0.25) is 0 Å². The molecule has 3 aromatic heterocycles. The number of nitrogens with two attached hydrogens (primary N) is 1. The number of carbonyl (C=O) groups is 4. The normalized spacial score (nSPS) is 10.6. The van der Waals surface area contributed by atoms with E-state index >= 15 is 0 Å². The van der Waals surface area contributed by atoms with E-state index in [2.05, 4.69) is 26.4 Å². The molecule has 18 heteroatoms. The average molecular weight is 735 g/mol. The van der Waals surface area contributed by atoms with Crippen LogP contribution in [0.25, 0.3) is 0 Å². The minimum absolute atomic E-state index is 0. The lowest BCUT2D eigenvalue weighted by atomic mass is 10.2. The van der Waals surface area contributed by atoms with Crippen LogP contribution in [0.5, 0.6) is 0 Å². The highest BCUT2D eigenvalue weighted by molar-refractivity contribution is 6.18. The van der Waals surface area contributed by atoms with Crippen LogP contribution >= 0.6 is 35.6 Å². The lowest BCUT2D eigenvalue weighted by Crippen LogP contribution is -2.28. The Bertz CT molecular complexity index is 1810. The zero-order valence-corrected chi connectivity index (χ0v) is 29.4. The molecule has 1 aromatic carbocycles. The van der Waals surface area contributed by atoms with Gasteiger partial charge in [-0.15, -0.1) is 35.6 Å². The van der Waals surface area contributed by atoms with Crippen molar-refractivity contribution in [3.8, 4) is 0 Å². The van der Waals surface area contributed by atoms with Crippen LogP contribution in [0.1, 0.15) is 48.2 Å². The SMILES string of the molecule is Cl.Cn1cc(NC(=O)c2cc(NC(=O)c3cc(NC(=O)c4ccc(N(CCCl)CCCl)cc4)nn3C)cn2C)cc1C(=O)NCCC(=N)N. The molecule has 4 rings (SSSR count). The van der Waals surface area contributed by atoms with Crippen LogP contribution in [0.15, 0.2) is 54.9 Å². The van der Waals surface area contributed by atoms with Gasteiger partial charge >= 0.3 is 0 Å². The third kappa shape index (κ3) is 10.0. The highest BCUT2D eigenvalue weighted by Gasteiger charge is 2.20. The molecule has 262 valence electrons. The van der Waals surface area contributed by atoms with Crippen molar-refractivity contribution < 1.29 is 19.2 Å². The molecule has 0 radical (unpaired) electrons. The van der Waals surface area contributed by atoms with Crippen LogP contribution < -0.4 is 31.9 Å². The molecule has 0 unspecified atom stereocenters. The molecule has 0 spiro atoms. The molecule has 4 amide bonds. The minimum atomic E-state index is -0.505. The number of amides is 4. The van der Waals surface area contributed by atoms with E-state index in [1.165, 1.54) is 22.9 Å². The number of nitrogens with zero attached hydrogens (tertiary/aromatic N) is 5. The van der Waals surface area contributed by atoms with Crippen LogP contribution in [-0.4, -0.2) is 79.8 Å². The van der Waals surface area contributed by atoms with Crippen LogP contribution in [0.4, 0.5) is 22.9 Å². The molecule has 49 heavy (non-hydrogen) atoms. The molecule has 0 atom stereocenters. The van der Waals surface area contributed by atoms with E-state index in [9.17, 15) is 19.2 Å². The first-order valence-corrected chi connectivity index (χ1v) is 15.9. The molecule has 0 aliphatic heterocycles. The number of nitrogens with one attached hydrogen (secondary N) is 5. The second-order valence-electron chi connectivity index (χ2n) is 10.8. The summed E-state index contributed by atoms with van der Waals surface area (Å²) in [6.07, 6.45) is 3.40. The maximum absolute atomic E-state index is 13.1. The van der Waals surface area contributed by atoms with Gasteiger partial charge < -0.3 is 41.0 Å². The summed E-state index contributed by atoms with van der Waals surface area (Å²) in [4.78, 5) is 53.6. The molecule has 7 N–H and O–H groups in total. The second kappa shape index (κ2) is 17.4. The van der Waals surface area contributed by atoms with E-state index < -0.39 is 17.7 Å². The molecule has 3 heterocycles. The van der Waals surface area contributed by atoms with Gasteiger partial charge in [-0.05, 0) is 36.4 Å². The molecule has 0 saturated carbocycles. The topological polar surface area (TPSA) is 197 Å². The predicted octanol–water partition coefficient (Wildman–Crippen LogP) is 3.62. The van der Waals surface area contributed by atoms with E-state index in [0.717, 1.165) is 5.69 Å². The number of rotatable bonds is 15. The Balaban J connectivity index is 0.00000650. The monoisotopic (exact) mass is 733 g/mol. The van der Waals surface area contributed by atoms with Crippen molar-refractivity contribution in [3.05, 3.63) is 77.5 Å². The van der Waals surface area contributed by atoms with Gasteiger partial charge in [0.15, 0.2) is 5.82 Å². The van der Waals surface area contributed by atoms with Crippen molar-refractivity contribution in [2.24, 2.45) is 26.9 Å². The van der Waals surface area contributed by atoms with E-state index in [1.807, 2.05) is 17.0 Å². The number of carbonyl (C=O) groups excluding carboxylic acids is 4. The second-order valence-corrected chi connectivity index (χ2v) is 11.5. The van der Waals surface area contributed by atoms with Gasteiger partial charge in [-0.1, -0.05) is 0 Å². The molecule has 0 fully saturated rings. The summed E-state index contributed by atoms with van der Waals surface area (Å²) in [7, 11) is 4.89. The fraction of sp³-hybridized carbons (Fsp3) is 0.290. The lowest BCUT2D eigenvalue weighted by molar-refractivity contribution is 0.0944. The Kier molecular flexibility index (Phi) is 13.7. The Hall–Kier alpha value is -4.99. The number of hydrogen-bond acceptors (Lipinski definition) is 7. The number of alkyl halides is 2. The zero-order valence-electron chi connectivity index (χ0n) is 27.0. The van der Waals surface area contributed by atoms with Crippen molar-refractivity contribution in [2.75, 3.05) is 52.2 Å². The number of aryl methyl sites for hydroxylation is 3. The molecular weight excluding hydrogens is 697 g/mol. The minimum Gasteiger partial charge on any atom is -0.388 e. The molecule has 0 saturated heterocycles. The predicted molar refractivity (Wildman–Crippen MR) is 194 cm³/mol. The third-order valence-corrected chi connectivity index (χ3v) is 7.57. The summed E-state index contributed by atoms with van der Waals surface area (Å²) >= 11 is 11.8. The van der Waals surface area contributed by atoms with Crippen molar-refractivity contribution in [2.45, 2.75) is 6.42 Å². The third-order valence-electron chi connectivity index (χ3n) is 7.23. The molecule has 15 nitrogen and oxygen atoms in total. The maximum Gasteiger partial charge on any atom is 0.274 e. The summed E-state index contributed by atoms with van der Waals surface area (Å²) in [5, 5.41) is 22.4. The van der Waals surface area contributed by atoms with Crippen molar-refractivity contribution in [3.63, 3.8) is 0 Å². The van der Waals surface area contributed by atoms with Gasteiger partial charge in [0.25, 0.3) is 23.6 Å². The number of amidine groups is 1. The summed E-state index contributed by atoms with van der Waals surface area (Å²) in [6, 6.07) is 11.5. The van der Waals surface area contributed by atoms with E-state index in [0.29, 0.717) is 47.5 Å². The van der Waals surface area contributed by atoms with Crippen LogP contribution in [0.3, 0.4) is 0 Å². The number of benzene rings is 1. The first-order chi connectivity index (χ1) is 22.9. The number of hydrogen-bond donors (Lipinski definition) is 6. The molecule has 0 aliphatic carbocycles. The zero-order chi connectivity index (χ0) is 35.0. The molecule has 0 aliphatic rings. The largest absolute Gasteiger partial charge is 0.388 e. The first kappa shape index (κ1) is 38.5. The Morgan fingerprint density at radius 3 is 1.86 bits per heavy atom. The van der Waals surface area contributed by atoms with Gasteiger partial charge in [-0.3, -0.25) is 29.3 Å². The van der Waals surface area contributed by atoms with Gasteiger partial charge in [-0.2, -0.15) is 5.10 Å². The van der Waals surface area contributed by atoms with Crippen molar-refractivity contribution in [1.82, 2.24) is 24.2 Å². The van der Waals surface area contributed by atoms with Crippen molar-refractivity contribution >= 4 is 88.0 Å². The fourth-order valence-electron chi connectivity index (χ4n) is 4.84. The Morgan fingerprint density at radius 1 is 0.796 bits per heavy atom. The van der Waals surface area contributed by atoms with E-state index in [1.54, 1.807) is 54.8 Å². The van der Waals surface area contributed by atoms with Crippen molar-refractivity contribution in [1.29, 1.82) is 5.41 Å². The van der Waals surface area contributed by atoms with Gasteiger partial charge in [0.05, 0.1) is 17.2 Å². The fourth-order valence-corrected chi connectivity index (χ4v) is 5.24. The summed E-state index contributed by atoms with van der Waals surface area (Å²) in [6.45, 7) is 1.46. The van der Waals surface area contributed by atoms with Gasteiger partial charge in [0, 0.05) is 88.7 Å². The van der Waals surface area contributed by atoms with Crippen LogP contribution in [-0.2, 0) is 21.1 Å². The van der Waals surface area contributed by atoms with Gasteiger partial charge in [0.1, 0.15) is 17.1 Å². The Morgan fingerprint density at radius 2 is 1.33 bits per heavy atom. The number of aromatic nitrogens is 4. The smallest absolute Gasteiger partial charge is 0.274 e. The molecular formula is C31H38Cl3N11O4. The van der Waals surface area contributed by atoms with Crippen LogP contribution in [0, 0.1) is 5.41 Å². The van der Waals surface area contributed by atoms with Crippen LogP contribution in [0.2, 0.25) is 0 Å². The molecule has 4 aromatic rings. The van der Waals surface area contributed by atoms with E-state index in [-0.39, 0.29) is 54.3 Å².